The zero-order valence-electron chi connectivity index (χ0n) is 17.1. The van der Waals surface area contributed by atoms with Crippen LogP contribution < -0.4 is 0 Å². The number of fused-ring (bicyclic) bond motifs is 3. The Kier molecular flexibility index (Phi) is 4.25. The first kappa shape index (κ1) is 18.7. The molecule has 0 spiro atoms. The lowest BCUT2D eigenvalue weighted by atomic mass is 10.0. The first-order chi connectivity index (χ1) is 15.7. The SMILES string of the molecule is Fc1ccc(-c2nc(-c3ccc4c(c3)-c3ccccc3C4)[nH]c2-c2ccc(F)cc2)cc1. The molecule has 0 atom stereocenters. The molecule has 6 rings (SSSR count). The van der Waals surface area contributed by atoms with Gasteiger partial charge in [-0.1, -0.05) is 36.4 Å². The Morgan fingerprint density at radius 2 is 1.25 bits per heavy atom. The van der Waals surface area contributed by atoms with Crippen LogP contribution in [0.25, 0.3) is 45.0 Å². The maximum atomic E-state index is 13.5. The van der Waals surface area contributed by atoms with Crippen LogP contribution >= 0.6 is 0 Å². The van der Waals surface area contributed by atoms with E-state index in [0.29, 0.717) is 5.69 Å². The normalized spacial score (nSPS) is 11.9. The third-order valence-electron chi connectivity index (χ3n) is 6.03. The number of nitrogens with zero attached hydrogens (tertiary/aromatic N) is 1. The van der Waals surface area contributed by atoms with E-state index in [0.717, 1.165) is 34.6 Å². The van der Waals surface area contributed by atoms with E-state index in [-0.39, 0.29) is 11.6 Å². The Morgan fingerprint density at radius 3 is 2.00 bits per heavy atom. The molecule has 4 aromatic carbocycles. The fourth-order valence-corrected chi connectivity index (χ4v) is 4.42. The molecule has 154 valence electrons. The van der Waals surface area contributed by atoms with Crippen LogP contribution in [0.5, 0.6) is 0 Å². The molecular weight excluding hydrogens is 402 g/mol. The Morgan fingerprint density at radius 1 is 0.625 bits per heavy atom. The van der Waals surface area contributed by atoms with E-state index in [9.17, 15) is 8.78 Å². The van der Waals surface area contributed by atoms with E-state index < -0.39 is 0 Å². The minimum atomic E-state index is -0.301. The lowest BCUT2D eigenvalue weighted by Gasteiger charge is -2.04. The molecule has 1 heterocycles. The van der Waals surface area contributed by atoms with Gasteiger partial charge in [-0.25, -0.2) is 13.8 Å². The molecule has 0 radical (unpaired) electrons. The number of imidazole rings is 1. The van der Waals surface area contributed by atoms with Crippen molar-refractivity contribution in [2.75, 3.05) is 0 Å². The van der Waals surface area contributed by atoms with Crippen LogP contribution in [0.4, 0.5) is 8.78 Å². The van der Waals surface area contributed by atoms with Crippen LogP contribution in [0.2, 0.25) is 0 Å². The molecule has 5 aromatic rings. The molecule has 0 unspecified atom stereocenters. The number of halogens is 2. The smallest absolute Gasteiger partial charge is 0.138 e. The zero-order chi connectivity index (χ0) is 21.7. The summed E-state index contributed by atoms with van der Waals surface area (Å²) in [6, 6.07) is 27.4. The number of hydrogen-bond acceptors (Lipinski definition) is 1. The van der Waals surface area contributed by atoms with Crippen molar-refractivity contribution in [3.8, 4) is 45.0 Å². The fourth-order valence-electron chi connectivity index (χ4n) is 4.42. The van der Waals surface area contributed by atoms with Gasteiger partial charge in [0.25, 0.3) is 0 Å². The Balaban J connectivity index is 1.50. The van der Waals surface area contributed by atoms with Crippen LogP contribution in [-0.4, -0.2) is 9.97 Å². The van der Waals surface area contributed by atoms with E-state index >= 15 is 0 Å². The third-order valence-corrected chi connectivity index (χ3v) is 6.03. The van der Waals surface area contributed by atoms with E-state index in [1.165, 1.54) is 46.5 Å². The van der Waals surface area contributed by atoms with Gasteiger partial charge in [-0.2, -0.15) is 0 Å². The lowest BCUT2D eigenvalue weighted by Crippen LogP contribution is -1.85. The number of H-pyrrole nitrogens is 1. The van der Waals surface area contributed by atoms with Gasteiger partial charge in [0.2, 0.25) is 0 Å². The summed E-state index contributed by atoms with van der Waals surface area (Å²) >= 11 is 0. The second-order valence-corrected chi connectivity index (χ2v) is 8.03. The van der Waals surface area contributed by atoms with Crippen LogP contribution in [-0.2, 0) is 6.42 Å². The van der Waals surface area contributed by atoms with E-state index in [1.54, 1.807) is 24.3 Å². The van der Waals surface area contributed by atoms with Crippen molar-refractivity contribution < 1.29 is 8.78 Å². The van der Waals surface area contributed by atoms with Crippen LogP contribution in [0.3, 0.4) is 0 Å². The average Bonchev–Trinajstić information content (AvgIpc) is 3.42. The van der Waals surface area contributed by atoms with Gasteiger partial charge in [-0.05, 0) is 83.3 Å². The van der Waals surface area contributed by atoms with Gasteiger partial charge in [-0.15, -0.1) is 0 Å². The molecule has 1 aliphatic rings. The fraction of sp³-hybridized carbons (Fsp3) is 0.0357. The van der Waals surface area contributed by atoms with Crippen molar-refractivity contribution in [3.05, 3.63) is 114 Å². The molecule has 0 amide bonds. The largest absolute Gasteiger partial charge is 0.337 e. The van der Waals surface area contributed by atoms with Crippen LogP contribution in [0, 0.1) is 11.6 Å². The van der Waals surface area contributed by atoms with E-state index in [4.69, 9.17) is 4.98 Å². The summed E-state index contributed by atoms with van der Waals surface area (Å²) < 4.78 is 27.0. The summed E-state index contributed by atoms with van der Waals surface area (Å²) in [5.41, 5.74) is 9.17. The van der Waals surface area contributed by atoms with Gasteiger partial charge in [-0.3, -0.25) is 0 Å². The van der Waals surface area contributed by atoms with Crippen molar-refractivity contribution in [3.63, 3.8) is 0 Å². The van der Waals surface area contributed by atoms with Gasteiger partial charge in [0, 0.05) is 16.7 Å². The van der Waals surface area contributed by atoms with Crippen molar-refractivity contribution in [2.45, 2.75) is 6.42 Å². The minimum absolute atomic E-state index is 0.297. The Labute approximate surface area is 184 Å². The maximum absolute atomic E-state index is 13.5. The molecule has 0 bridgehead atoms. The summed E-state index contributed by atoms with van der Waals surface area (Å²) in [6.07, 6.45) is 0.936. The van der Waals surface area contributed by atoms with E-state index in [1.807, 2.05) is 0 Å². The Bertz CT molecular complexity index is 1390. The summed E-state index contributed by atoms with van der Waals surface area (Å²) in [4.78, 5) is 8.32. The zero-order valence-corrected chi connectivity index (χ0v) is 17.1. The predicted molar refractivity (Wildman–Crippen MR) is 123 cm³/mol. The standard InChI is InChI=1S/C28H18F2N2/c29-22-11-7-17(8-12-22)26-27(18-9-13-23(30)14-10-18)32-28(31-26)21-6-5-20-15-19-3-1-2-4-24(19)25(20)16-21/h1-14,16H,15H2,(H,31,32). The van der Waals surface area contributed by atoms with Crippen molar-refractivity contribution >= 4 is 0 Å². The molecule has 2 nitrogen and oxygen atoms in total. The van der Waals surface area contributed by atoms with Gasteiger partial charge in [0.05, 0.1) is 11.4 Å². The highest BCUT2D eigenvalue weighted by atomic mass is 19.1. The topological polar surface area (TPSA) is 28.7 Å². The number of aromatic amines is 1. The average molecular weight is 420 g/mol. The summed E-state index contributed by atoms with van der Waals surface area (Å²) in [7, 11) is 0. The number of aromatic nitrogens is 2. The molecule has 1 aromatic heterocycles. The highest BCUT2D eigenvalue weighted by Crippen LogP contribution is 2.39. The summed E-state index contributed by atoms with van der Waals surface area (Å²) in [5.74, 6) is 0.120. The molecule has 4 heteroatoms. The molecule has 32 heavy (non-hydrogen) atoms. The van der Waals surface area contributed by atoms with Crippen LogP contribution in [0.1, 0.15) is 11.1 Å². The van der Waals surface area contributed by atoms with Crippen molar-refractivity contribution in [1.82, 2.24) is 9.97 Å². The summed E-state index contributed by atoms with van der Waals surface area (Å²) in [6.45, 7) is 0. The monoisotopic (exact) mass is 420 g/mol. The van der Waals surface area contributed by atoms with Gasteiger partial charge < -0.3 is 4.98 Å². The highest BCUT2D eigenvalue weighted by molar-refractivity contribution is 5.84. The molecule has 0 fully saturated rings. The molecule has 0 saturated carbocycles. The number of rotatable bonds is 3. The third kappa shape index (κ3) is 3.12. The van der Waals surface area contributed by atoms with Gasteiger partial charge >= 0.3 is 0 Å². The second-order valence-electron chi connectivity index (χ2n) is 8.03. The number of nitrogens with one attached hydrogen (secondary N) is 1. The molecule has 1 N–H and O–H groups in total. The maximum Gasteiger partial charge on any atom is 0.138 e. The molecule has 1 aliphatic carbocycles. The minimum Gasteiger partial charge on any atom is -0.337 e. The number of hydrogen-bond donors (Lipinski definition) is 1. The molecule has 0 aliphatic heterocycles. The number of benzene rings is 4. The van der Waals surface area contributed by atoms with Gasteiger partial charge in [0.15, 0.2) is 0 Å². The second kappa shape index (κ2) is 7.27. The summed E-state index contributed by atoms with van der Waals surface area (Å²) in [5, 5.41) is 0. The predicted octanol–water partition coefficient (Wildman–Crippen LogP) is 7.26. The van der Waals surface area contributed by atoms with Crippen LogP contribution in [0.15, 0.2) is 91.0 Å². The first-order valence-corrected chi connectivity index (χ1v) is 10.5. The van der Waals surface area contributed by atoms with Gasteiger partial charge in [0.1, 0.15) is 17.5 Å². The lowest BCUT2D eigenvalue weighted by molar-refractivity contribution is 0.627. The molecular formula is C28H18F2N2. The Hall–Kier alpha value is -4.05. The van der Waals surface area contributed by atoms with Crippen molar-refractivity contribution in [1.29, 1.82) is 0 Å². The molecule has 0 saturated heterocycles. The quantitative estimate of drug-likeness (QED) is 0.321. The highest BCUT2D eigenvalue weighted by Gasteiger charge is 2.20. The van der Waals surface area contributed by atoms with Crippen molar-refractivity contribution in [2.24, 2.45) is 0 Å². The first-order valence-electron chi connectivity index (χ1n) is 10.5. The van der Waals surface area contributed by atoms with E-state index in [2.05, 4.69) is 47.4 Å².